The second-order valence-corrected chi connectivity index (χ2v) is 4.40. The van der Waals surface area contributed by atoms with E-state index in [4.69, 9.17) is 0 Å². The van der Waals surface area contributed by atoms with Crippen LogP contribution in [0.3, 0.4) is 0 Å². The molecule has 0 aromatic heterocycles. The summed E-state index contributed by atoms with van der Waals surface area (Å²) in [6, 6.07) is 6.62. The van der Waals surface area contributed by atoms with Crippen molar-refractivity contribution in [3.8, 4) is 0 Å². The highest BCUT2D eigenvalue weighted by molar-refractivity contribution is 7.80. The number of hydrogen-bond acceptors (Lipinski definition) is 2. The van der Waals surface area contributed by atoms with Crippen LogP contribution in [0.2, 0.25) is 0 Å². The van der Waals surface area contributed by atoms with Gasteiger partial charge in [-0.3, -0.25) is 0 Å². The summed E-state index contributed by atoms with van der Waals surface area (Å²) < 4.78 is 0. The van der Waals surface area contributed by atoms with Crippen LogP contribution in [-0.2, 0) is 6.42 Å². The van der Waals surface area contributed by atoms with Crippen molar-refractivity contribution in [2.45, 2.75) is 25.0 Å². The predicted octanol–water partition coefficient (Wildman–Crippen LogP) is 3.04. The average Bonchev–Trinajstić information content (AvgIpc) is 2.17. The Morgan fingerprint density at radius 2 is 2.31 bits per heavy atom. The first-order valence-corrected chi connectivity index (χ1v) is 5.34. The molecule has 1 unspecified atom stereocenters. The van der Waals surface area contributed by atoms with Crippen LogP contribution in [0.25, 0.3) is 0 Å². The van der Waals surface area contributed by atoms with Crippen LogP contribution in [0.4, 0.5) is 5.69 Å². The van der Waals surface area contributed by atoms with Gasteiger partial charge < -0.3 is 5.32 Å². The van der Waals surface area contributed by atoms with E-state index in [9.17, 15) is 0 Å². The Morgan fingerprint density at radius 3 is 3.08 bits per heavy atom. The van der Waals surface area contributed by atoms with Gasteiger partial charge in [0.15, 0.2) is 0 Å². The molecule has 1 atom stereocenters. The lowest BCUT2D eigenvalue weighted by atomic mass is 10.00. The van der Waals surface area contributed by atoms with Crippen molar-refractivity contribution < 1.29 is 0 Å². The van der Waals surface area contributed by atoms with E-state index in [1.807, 2.05) is 0 Å². The molecule has 70 valence electrons. The van der Waals surface area contributed by atoms with Crippen LogP contribution >= 0.6 is 12.6 Å². The lowest BCUT2D eigenvalue weighted by molar-refractivity contribution is 0.827. The molecule has 0 saturated heterocycles. The molecule has 0 radical (unpaired) electrons. The lowest BCUT2D eigenvalue weighted by Gasteiger charge is -2.19. The first kappa shape index (κ1) is 8.95. The standard InChI is InChI=1S/C11H15NS/c1-8(13)9-4-5-11-10(7-9)3-2-6-12-11/h4-5,7-8,12-13H,2-3,6H2,1H3. The minimum atomic E-state index is 0.340. The van der Waals surface area contributed by atoms with Crippen LogP contribution < -0.4 is 5.32 Å². The van der Waals surface area contributed by atoms with Crippen LogP contribution in [0, 0.1) is 0 Å². The van der Waals surface area contributed by atoms with Gasteiger partial charge >= 0.3 is 0 Å². The highest BCUT2D eigenvalue weighted by atomic mass is 32.1. The van der Waals surface area contributed by atoms with Gasteiger partial charge in [0, 0.05) is 17.5 Å². The quantitative estimate of drug-likeness (QED) is 0.653. The van der Waals surface area contributed by atoms with Crippen molar-refractivity contribution in [3.05, 3.63) is 29.3 Å². The summed E-state index contributed by atoms with van der Waals surface area (Å²) >= 11 is 4.43. The van der Waals surface area contributed by atoms with Crippen LogP contribution in [0.1, 0.15) is 29.7 Å². The Labute approximate surface area is 85.0 Å². The van der Waals surface area contributed by atoms with Crippen molar-refractivity contribution in [3.63, 3.8) is 0 Å². The molecule has 0 aliphatic carbocycles. The number of aryl methyl sites for hydroxylation is 1. The number of benzene rings is 1. The number of fused-ring (bicyclic) bond motifs is 1. The highest BCUT2D eigenvalue weighted by Crippen LogP contribution is 2.27. The smallest absolute Gasteiger partial charge is 0.0372 e. The Bertz CT molecular complexity index is 307. The van der Waals surface area contributed by atoms with E-state index >= 15 is 0 Å². The van der Waals surface area contributed by atoms with Gasteiger partial charge in [-0.25, -0.2) is 0 Å². The molecule has 1 heterocycles. The van der Waals surface area contributed by atoms with Gasteiger partial charge in [0.1, 0.15) is 0 Å². The second-order valence-electron chi connectivity index (χ2n) is 3.62. The van der Waals surface area contributed by atoms with Crippen LogP contribution in [0.15, 0.2) is 18.2 Å². The molecule has 2 heteroatoms. The van der Waals surface area contributed by atoms with E-state index in [2.05, 4.69) is 43.1 Å². The molecule has 1 N–H and O–H groups in total. The molecule has 13 heavy (non-hydrogen) atoms. The SMILES string of the molecule is CC(S)c1ccc2c(c1)CCCN2. The van der Waals surface area contributed by atoms with Crippen LogP contribution in [-0.4, -0.2) is 6.54 Å². The van der Waals surface area contributed by atoms with Gasteiger partial charge in [-0.15, -0.1) is 0 Å². The van der Waals surface area contributed by atoms with Crippen molar-refractivity contribution >= 4 is 18.3 Å². The maximum Gasteiger partial charge on any atom is 0.0372 e. The maximum atomic E-state index is 4.43. The fraction of sp³-hybridized carbons (Fsp3) is 0.455. The molecule has 1 aliphatic rings. The largest absolute Gasteiger partial charge is 0.385 e. The third kappa shape index (κ3) is 1.83. The topological polar surface area (TPSA) is 12.0 Å². The number of rotatable bonds is 1. The van der Waals surface area contributed by atoms with Gasteiger partial charge in [0.2, 0.25) is 0 Å². The van der Waals surface area contributed by atoms with Gasteiger partial charge in [-0.05, 0) is 37.0 Å². The maximum absolute atomic E-state index is 4.43. The fourth-order valence-corrected chi connectivity index (χ4v) is 1.92. The molecule has 1 nitrogen and oxygen atoms in total. The minimum Gasteiger partial charge on any atom is -0.385 e. The number of thiol groups is 1. The highest BCUT2D eigenvalue weighted by Gasteiger charge is 2.09. The summed E-state index contributed by atoms with van der Waals surface area (Å²) in [5.74, 6) is 0. The van der Waals surface area contributed by atoms with Crippen molar-refractivity contribution in [1.29, 1.82) is 0 Å². The number of hydrogen-bond donors (Lipinski definition) is 2. The van der Waals surface area contributed by atoms with Gasteiger partial charge in [-0.1, -0.05) is 12.1 Å². The molecule has 0 bridgehead atoms. The average molecular weight is 193 g/mol. The molecule has 0 fully saturated rings. The first-order chi connectivity index (χ1) is 6.27. The van der Waals surface area contributed by atoms with Gasteiger partial charge in [-0.2, -0.15) is 12.6 Å². The van der Waals surface area contributed by atoms with E-state index in [1.165, 1.54) is 29.7 Å². The number of anilines is 1. The number of nitrogens with one attached hydrogen (secondary N) is 1. The zero-order valence-corrected chi connectivity index (χ0v) is 8.77. The van der Waals surface area contributed by atoms with E-state index in [0.717, 1.165) is 6.54 Å². The summed E-state index contributed by atoms with van der Waals surface area (Å²) in [5.41, 5.74) is 4.08. The van der Waals surface area contributed by atoms with E-state index in [-0.39, 0.29) is 0 Å². The van der Waals surface area contributed by atoms with E-state index < -0.39 is 0 Å². The zero-order chi connectivity index (χ0) is 9.26. The lowest BCUT2D eigenvalue weighted by Crippen LogP contribution is -2.11. The predicted molar refractivity (Wildman–Crippen MR) is 60.7 cm³/mol. The zero-order valence-electron chi connectivity index (χ0n) is 7.88. The van der Waals surface area contributed by atoms with Gasteiger partial charge in [0.25, 0.3) is 0 Å². The molecule has 0 spiro atoms. The molecule has 2 rings (SSSR count). The molecular weight excluding hydrogens is 178 g/mol. The Hall–Kier alpha value is -0.630. The van der Waals surface area contributed by atoms with Crippen LogP contribution in [0.5, 0.6) is 0 Å². The summed E-state index contributed by atoms with van der Waals surface area (Å²) in [6.07, 6.45) is 2.45. The van der Waals surface area contributed by atoms with Crippen molar-refractivity contribution in [2.24, 2.45) is 0 Å². The Kier molecular flexibility index (Phi) is 2.49. The summed E-state index contributed by atoms with van der Waals surface area (Å²) in [5, 5.41) is 3.74. The van der Waals surface area contributed by atoms with E-state index in [0.29, 0.717) is 5.25 Å². The normalized spacial score (nSPS) is 17.4. The monoisotopic (exact) mass is 193 g/mol. The van der Waals surface area contributed by atoms with E-state index in [1.54, 1.807) is 0 Å². The summed E-state index contributed by atoms with van der Waals surface area (Å²) in [6.45, 7) is 3.23. The molecular formula is C11H15NS. The van der Waals surface area contributed by atoms with Gasteiger partial charge in [0.05, 0.1) is 0 Å². The fourth-order valence-electron chi connectivity index (χ4n) is 1.75. The Morgan fingerprint density at radius 1 is 1.46 bits per heavy atom. The molecule has 1 aliphatic heterocycles. The summed E-state index contributed by atoms with van der Waals surface area (Å²) in [7, 11) is 0. The summed E-state index contributed by atoms with van der Waals surface area (Å²) in [4.78, 5) is 0. The van der Waals surface area contributed by atoms with Crippen molar-refractivity contribution in [1.82, 2.24) is 0 Å². The third-order valence-electron chi connectivity index (χ3n) is 2.55. The third-order valence-corrected chi connectivity index (χ3v) is 2.85. The molecule has 1 aromatic carbocycles. The van der Waals surface area contributed by atoms with Crippen molar-refractivity contribution in [2.75, 3.05) is 11.9 Å². The molecule has 1 aromatic rings. The minimum absolute atomic E-state index is 0.340. The molecule has 0 saturated carbocycles. The second kappa shape index (κ2) is 3.62. The first-order valence-electron chi connectivity index (χ1n) is 4.82. The molecule has 0 amide bonds. The Balaban J connectivity index is 2.35.